The van der Waals surface area contributed by atoms with E-state index >= 15 is 0 Å². The SMILES string of the molecule is CO[Si](OC=CC1CCCCCC1)C1CCCC1. The summed E-state index contributed by atoms with van der Waals surface area (Å²) in [5.41, 5.74) is 0.707. The van der Waals surface area contributed by atoms with E-state index in [2.05, 4.69) is 6.08 Å². The van der Waals surface area contributed by atoms with Gasteiger partial charge in [-0.25, -0.2) is 0 Å². The Hall–Kier alpha value is -0.283. The highest BCUT2D eigenvalue weighted by Gasteiger charge is 2.31. The Morgan fingerprint density at radius 1 is 0.889 bits per heavy atom. The standard InChI is InChI=1S/C15H27O2Si/c1-16-18(15-10-6-7-11-15)17-13-12-14-8-4-2-3-5-9-14/h12-15H,2-11H2,1H3. The van der Waals surface area contributed by atoms with Crippen molar-refractivity contribution in [1.82, 2.24) is 0 Å². The lowest BCUT2D eigenvalue weighted by atomic mass is 10.0. The van der Waals surface area contributed by atoms with Crippen molar-refractivity contribution >= 4 is 9.28 Å². The lowest BCUT2D eigenvalue weighted by molar-refractivity contribution is 0.290. The summed E-state index contributed by atoms with van der Waals surface area (Å²) in [5.74, 6) is 0.746. The molecule has 0 spiro atoms. The van der Waals surface area contributed by atoms with Crippen molar-refractivity contribution in [3.63, 3.8) is 0 Å². The fraction of sp³-hybridized carbons (Fsp3) is 0.867. The van der Waals surface area contributed by atoms with Crippen LogP contribution in [0.2, 0.25) is 5.54 Å². The van der Waals surface area contributed by atoms with E-state index in [9.17, 15) is 0 Å². The van der Waals surface area contributed by atoms with Gasteiger partial charge in [0.05, 0.1) is 6.26 Å². The summed E-state index contributed by atoms with van der Waals surface area (Å²) in [7, 11) is 0.754. The summed E-state index contributed by atoms with van der Waals surface area (Å²) in [6, 6.07) is 0. The molecule has 2 nitrogen and oxygen atoms in total. The highest BCUT2D eigenvalue weighted by molar-refractivity contribution is 6.46. The van der Waals surface area contributed by atoms with Crippen molar-refractivity contribution < 1.29 is 8.85 Å². The van der Waals surface area contributed by atoms with Crippen LogP contribution in [-0.2, 0) is 8.85 Å². The minimum atomic E-state index is -1.06. The minimum absolute atomic E-state index is 0.707. The van der Waals surface area contributed by atoms with Gasteiger partial charge >= 0.3 is 9.28 Å². The van der Waals surface area contributed by atoms with E-state index in [1.807, 2.05) is 13.4 Å². The van der Waals surface area contributed by atoms with Crippen LogP contribution in [0.4, 0.5) is 0 Å². The lowest BCUT2D eigenvalue weighted by Crippen LogP contribution is -2.24. The molecule has 1 radical (unpaired) electrons. The Morgan fingerprint density at radius 2 is 1.50 bits per heavy atom. The van der Waals surface area contributed by atoms with Gasteiger partial charge in [0.2, 0.25) is 0 Å². The van der Waals surface area contributed by atoms with Crippen LogP contribution in [0.3, 0.4) is 0 Å². The molecule has 2 rings (SSSR count). The third-order valence-electron chi connectivity index (χ3n) is 4.32. The van der Waals surface area contributed by atoms with E-state index in [0.29, 0.717) is 5.54 Å². The Bertz CT molecular complexity index is 241. The zero-order valence-corrected chi connectivity index (χ0v) is 12.7. The van der Waals surface area contributed by atoms with Gasteiger partial charge in [-0.3, -0.25) is 0 Å². The van der Waals surface area contributed by atoms with Crippen LogP contribution < -0.4 is 0 Å². The number of allylic oxidation sites excluding steroid dienone is 1. The molecule has 0 amide bonds. The van der Waals surface area contributed by atoms with Crippen LogP contribution in [0, 0.1) is 5.92 Å². The smallest absolute Gasteiger partial charge is 0.460 e. The van der Waals surface area contributed by atoms with Crippen LogP contribution in [-0.4, -0.2) is 16.4 Å². The first-order valence-electron chi connectivity index (χ1n) is 7.64. The summed E-state index contributed by atoms with van der Waals surface area (Å²) in [5, 5.41) is 0. The van der Waals surface area contributed by atoms with Crippen molar-refractivity contribution in [3.8, 4) is 0 Å². The predicted molar refractivity (Wildman–Crippen MR) is 76.4 cm³/mol. The van der Waals surface area contributed by atoms with E-state index in [4.69, 9.17) is 8.85 Å². The van der Waals surface area contributed by atoms with Crippen molar-refractivity contribution in [2.45, 2.75) is 69.7 Å². The Kier molecular flexibility index (Phi) is 6.28. The second kappa shape index (κ2) is 8.00. The van der Waals surface area contributed by atoms with E-state index in [1.54, 1.807) is 0 Å². The van der Waals surface area contributed by atoms with Gasteiger partial charge in [0.25, 0.3) is 0 Å². The first-order valence-corrected chi connectivity index (χ1v) is 9.03. The maximum Gasteiger partial charge on any atom is 0.460 e. The highest BCUT2D eigenvalue weighted by atomic mass is 28.3. The second-order valence-corrected chi connectivity index (χ2v) is 7.80. The molecule has 0 aromatic heterocycles. The van der Waals surface area contributed by atoms with Gasteiger partial charge in [-0.05, 0) is 37.7 Å². The Morgan fingerprint density at radius 3 is 2.11 bits per heavy atom. The molecule has 2 saturated carbocycles. The molecule has 0 saturated heterocycles. The number of rotatable bonds is 5. The van der Waals surface area contributed by atoms with Crippen LogP contribution in [0.1, 0.15) is 64.2 Å². The fourth-order valence-electron chi connectivity index (χ4n) is 3.19. The normalized spacial score (nSPS) is 23.9. The molecule has 18 heavy (non-hydrogen) atoms. The van der Waals surface area contributed by atoms with Gasteiger partial charge in [-0.15, -0.1) is 0 Å². The average molecular weight is 267 g/mol. The van der Waals surface area contributed by atoms with Gasteiger partial charge in [0.1, 0.15) is 0 Å². The lowest BCUT2D eigenvalue weighted by Gasteiger charge is -2.17. The molecule has 2 aliphatic carbocycles. The topological polar surface area (TPSA) is 18.5 Å². The van der Waals surface area contributed by atoms with Crippen molar-refractivity contribution in [2.24, 2.45) is 5.92 Å². The molecule has 0 aliphatic heterocycles. The number of hydrogen-bond acceptors (Lipinski definition) is 2. The van der Waals surface area contributed by atoms with Crippen molar-refractivity contribution in [2.75, 3.05) is 7.11 Å². The minimum Gasteiger partial charge on any atom is -0.525 e. The molecule has 103 valence electrons. The van der Waals surface area contributed by atoms with Crippen LogP contribution in [0.25, 0.3) is 0 Å². The molecular formula is C15H27O2Si. The van der Waals surface area contributed by atoms with Crippen molar-refractivity contribution in [1.29, 1.82) is 0 Å². The average Bonchev–Trinajstić information content (AvgIpc) is 2.79. The Labute approximate surface area is 114 Å². The first kappa shape index (κ1) is 14.1. The Balaban J connectivity index is 1.73. The number of hydrogen-bond donors (Lipinski definition) is 0. The molecule has 0 N–H and O–H groups in total. The van der Waals surface area contributed by atoms with Gasteiger partial charge in [-0.1, -0.05) is 38.5 Å². The van der Waals surface area contributed by atoms with Gasteiger partial charge in [0.15, 0.2) is 0 Å². The quantitative estimate of drug-likeness (QED) is 0.413. The molecular weight excluding hydrogens is 240 g/mol. The van der Waals surface area contributed by atoms with E-state index < -0.39 is 9.28 Å². The van der Waals surface area contributed by atoms with Crippen LogP contribution in [0.5, 0.6) is 0 Å². The monoisotopic (exact) mass is 267 g/mol. The summed E-state index contributed by atoms with van der Waals surface area (Å²) < 4.78 is 11.5. The maximum atomic E-state index is 5.92. The summed E-state index contributed by atoms with van der Waals surface area (Å²) in [6.07, 6.45) is 17.9. The zero-order chi connectivity index (χ0) is 12.6. The summed E-state index contributed by atoms with van der Waals surface area (Å²) in [4.78, 5) is 0. The van der Waals surface area contributed by atoms with Crippen molar-refractivity contribution in [3.05, 3.63) is 12.3 Å². The molecule has 3 heteroatoms. The fourth-order valence-corrected chi connectivity index (χ4v) is 4.91. The van der Waals surface area contributed by atoms with Crippen LogP contribution >= 0.6 is 0 Å². The van der Waals surface area contributed by atoms with E-state index in [0.717, 1.165) is 5.92 Å². The third-order valence-corrected chi connectivity index (χ3v) is 6.34. The molecule has 0 aromatic rings. The molecule has 2 aliphatic rings. The van der Waals surface area contributed by atoms with Crippen LogP contribution in [0.15, 0.2) is 12.3 Å². The second-order valence-electron chi connectivity index (χ2n) is 5.70. The van der Waals surface area contributed by atoms with E-state index in [1.165, 1.54) is 64.2 Å². The molecule has 0 bridgehead atoms. The summed E-state index contributed by atoms with van der Waals surface area (Å²) >= 11 is 0. The largest absolute Gasteiger partial charge is 0.525 e. The van der Waals surface area contributed by atoms with Gasteiger partial charge < -0.3 is 8.85 Å². The first-order chi connectivity index (χ1) is 8.90. The van der Waals surface area contributed by atoms with Gasteiger partial charge in [0, 0.05) is 12.7 Å². The molecule has 0 heterocycles. The molecule has 0 atom stereocenters. The molecule has 0 unspecified atom stereocenters. The molecule has 0 aromatic carbocycles. The predicted octanol–water partition coefficient (Wildman–Crippen LogP) is 4.57. The zero-order valence-electron chi connectivity index (χ0n) is 11.7. The molecule has 2 fully saturated rings. The van der Waals surface area contributed by atoms with E-state index in [-0.39, 0.29) is 0 Å². The third kappa shape index (κ3) is 4.43. The highest BCUT2D eigenvalue weighted by Crippen LogP contribution is 2.33. The van der Waals surface area contributed by atoms with Gasteiger partial charge in [-0.2, -0.15) is 0 Å². The summed E-state index contributed by atoms with van der Waals surface area (Å²) in [6.45, 7) is 0. The maximum absolute atomic E-state index is 5.92.